The van der Waals surface area contributed by atoms with Gasteiger partial charge in [0.15, 0.2) is 0 Å². The molecular formula is C9H10N2O3. The molecule has 1 aromatic heterocycles. The summed E-state index contributed by atoms with van der Waals surface area (Å²) in [5, 5.41) is 8.91. The Kier molecular flexibility index (Phi) is 1.80. The molecule has 0 saturated heterocycles. The maximum absolute atomic E-state index is 11.1. The molecule has 5 heteroatoms. The minimum atomic E-state index is -1.05. The Bertz CT molecular complexity index is 450. The summed E-state index contributed by atoms with van der Waals surface area (Å²) in [6.45, 7) is 0.746. The van der Waals surface area contributed by atoms with Crippen molar-refractivity contribution in [3.05, 3.63) is 27.7 Å². The van der Waals surface area contributed by atoms with Crippen molar-refractivity contribution in [2.75, 3.05) is 18.5 Å². The van der Waals surface area contributed by atoms with Gasteiger partial charge in [0.05, 0.1) is 11.3 Å². The van der Waals surface area contributed by atoms with Crippen molar-refractivity contribution in [2.24, 2.45) is 0 Å². The van der Waals surface area contributed by atoms with E-state index in [4.69, 9.17) is 5.11 Å². The number of carboxylic acid groups (broad SMARTS) is 1. The van der Waals surface area contributed by atoms with Crippen molar-refractivity contribution in [3.63, 3.8) is 0 Å². The lowest BCUT2D eigenvalue weighted by Crippen LogP contribution is -2.18. The Balaban J connectivity index is 2.71. The molecule has 2 N–H and O–H groups in total. The number of likely N-dealkylation sites (N-methyl/N-ethyl adjacent to an activating group) is 1. The van der Waals surface area contributed by atoms with Gasteiger partial charge in [-0.25, -0.2) is 4.79 Å². The highest BCUT2D eigenvalue weighted by molar-refractivity contribution is 5.95. The van der Waals surface area contributed by atoms with Gasteiger partial charge in [0, 0.05) is 31.8 Å². The molecule has 1 aliphatic rings. The summed E-state index contributed by atoms with van der Waals surface area (Å²) in [7, 11) is 1.82. The summed E-state index contributed by atoms with van der Waals surface area (Å²) in [6, 6.07) is 1.13. The summed E-state index contributed by atoms with van der Waals surface area (Å²) in [5.74, 6) is -1.05. The number of pyridine rings is 1. The highest BCUT2D eigenvalue weighted by Crippen LogP contribution is 2.27. The van der Waals surface area contributed by atoms with Gasteiger partial charge in [-0.1, -0.05) is 0 Å². The van der Waals surface area contributed by atoms with Crippen LogP contribution >= 0.6 is 0 Å². The number of fused-ring (bicyclic) bond motifs is 1. The second-order valence-corrected chi connectivity index (χ2v) is 3.35. The van der Waals surface area contributed by atoms with E-state index >= 15 is 0 Å². The van der Waals surface area contributed by atoms with E-state index in [2.05, 4.69) is 4.98 Å². The van der Waals surface area contributed by atoms with E-state index in [1.165, 1.54) is 0 Å². The molecule has 1 aliphatic heterocycles. The third-order valence-corrected chi connectivity index (χ3v) is 2.40. The maximum atomic E-state index is 11.1. The average molecular weight is 194 g/mol. The quantitative estimate of drug-likeness (QED) is 0.663. The van der Waals surface area contributed by atoms with Gasteiger partial charge in [0.25, 0.3) is 0 Å². The summed E-state index contributed by atoms with van der Waals surface area (Å²) >= 11 is 0. The van der Waals surface area contributed by atoms with Crippen LogP contribution in [0.5, 0.6) is 0 Å². The molecule has 74 valence electrons. The van der Waals surface area contributed by atoms with Gasteiger partial charge >= 0.3 is 5.97 Å². The van der Waals surface area contributed by atoms with E-state index in [-0.39, 0.29) is 11.1 Å². The van der Waals surface area contributed by atoms with Gasteiger partial charge in [0.1, 0.15) is 0 Å². The largest absolute Gasteiger partial charge is 0.478 e. The summed E-state index contributed by atoms with van der Waals surface area (Å²) in [6.07, 6.45) is 0.697. The number of anilines is 1. The molecule has 0 amide bonds. The minimum absolute atomic E-state index is 0.0868. The number of rotatable bonds is 1. The fourth-order valence-corrected chi connectivity index (χ4v) is 1.78. The Labute approximate surface area is 80.0 Å². The first-order valence-electron chi connectivity index (χ1n) is 4.30. The zero-order valence-electron chi connectivity index (χ0n) is 7.70. The second kappa shape index (κ2) is 2.87. The van der Waals surface area contributed by atoms with Crippen molar-refractivity contribution in [1.29, 1.82) is 0 Å². The van der Waals surface area contributed by atoms with Gasteiger partial charge in [0.2, 0.25) is 5.56 Å². The van der Waals surface area contributed by atoms with E-state index < -0.39 is 5.97 Å². The SMILES string of the molecule is CN1CCc2[nH]c(=O)cc(C(=O)O)c21. The van der Waals surface area contributed by atoms with Crippen molar-refractivity contribution < 1.29 is 9.90 Å². The number of nitrogens with one attached hydrogen (secondary N) is 1. The molecule has 0 bridgehead atoms. The molecule has 14 heavy (non-hydrogen) atoms. The van der Waals surface area contributed by atoms with Crippen LogP contribution in [0.2, 0.25) is 0 Å². The molecule has 0 atom stereocenters. The zero-order valence-corrected chi connectivity index (χ0v) is 7.70. The number of nitrogens with zero attached hydrogens (tertiary/aromatic N) is 1. The van der Waals surface area contributed by atoms with E-state index in [0.717, 1.165) is 18.3 Å². The minimum Gasteiger partial charge on any atom is -0.478 e. The van der Waals surface area contributed by atoms with Gasteiger partial charge in [-0.05, 0) is 0 Å². The molecule has 0 saturated carbocycles. The van der Waals surface area contributed by atoms with E-state index in [9.17, 15) is 9.59 Å². The number of aromatic amines is 1. The molecule has 2 heterocycles. The number of aromatic carboxylic acids is 1. The van der Waals surface area contributed by atoms with Crippen molar-refractivity contribution >= 4 is 11.7 Å². The van der Waals surface area contributed by atoms with Gasteiger partial charge < -0.3 is 15.0 Å². The number of carbonyl (C=O) groups is 1. The third kappa shape index (κ3) is 1.17. The molecule has 0 aliphatic carbocycles. The lowest BCUT2D eigenvalue weighted by molar-refractivity contribution is 0.0697. The molecule has 0 radical (unpaired) electrons. The predicted molar refractivity (Wildman–Crippen MR) is 51.0 cm³/mol. The Morgan fingerprint density at radius 1 is 1.64 bits per heavy atom. The van der Waals surface area contributed by atoms with Crippen LogP contribution in [0.1, 0.15) is 16.1 Å². The first kappa shape index (κ1) is 8.80. The van der Waals surface area contributed by atoms with Crippen LogP contribution in [0.15, 0.2) is 10.9 Å². The van der Waals surface area contributed by atoms with Crippen molar-refractivity contribution in [3.8, 4) is 0 Å². The van der Waals surface area contributed by atoms with Crippen LogP contribution < -0.4 is 10.5 Å². The van der Waals surface area contributed by atoms with Gasteiger partial charge in [-0.15, -0.1) is 0 Å². The monoisotopic (exact) mass is 194 g/mol. The molecule has 1 aromatic rings. The predicted octanol–water partition coefficient (Wildman–Crippen LogP) is 0.0654. The van der Waals surface area contributed by atoms with E-state index in [1.807, 2.05) is 11.9 Å². The van der Waals surface area contributed by atoms with Crippen LogP contribution in [0.3, 0.4) is 0 Å². The van der Waals surface area contributed by atoms with Gasteiger partial charge in [-0.2, -0.15) is 0 Å². The lowest BCUT2D eigenvalue weighted by atomic mass is 10.2. The smallest absolute Gasteiger partial charge is 0.338 e. The van der Waals surface area contributed by atoms with E-state index in [0.29, 0.717) is 12.1 Å². The highest BCUT2D eigenvalue weighted by Gasteiger charge is 2.23. The first-order chi connectivity index (χ1) is 6.59. The van der Waals surface area contributed by atoms with Crippen LogP contribution in [-0.4, -0.2) is 29.7 Å². The normalized spacial score (nSPS) is 14.2. The summed E-state index contributed by atoms with van der Waals surface area (Å²) in [4.78, 5) is 26.5. The molecule has 0 aromatic carbocycles. The Morgan fingerprint density at radius 2 is 2.36 bits per heavy atom. The van der Waals surface area contributed by atoms with Crippen molar-refractivity contribution in [2.45, 2.75) is 6.42 Å². The first-order valence-corrected chi connectivity index (χ1v) is 4.30. The Morgan fingerprint density at radius 3 is 3.00 bits per heavy atom. The van der Waals surface area contributed by atoms with Crippen LogP contribution in [-0.2, 0) is 6.42 Å². The van der Waals surface area contributed by atoms with Crippen LogP contribution in [0.4, 0.5) is 5.69 Å². The Hall–Kier alpha value is -1.78. The zero-order chi connectivity index (χ0) is 10.3. The van der Waals surface area contributed by atoms with Gasteiger partial charge in [-0.3, -0.25) is 4.79 Å². The summed E-state index contributed by atoms with van der Waals surface area (Å²) in [5.41, 5.74) is 1.09. The average Bonchev–Trinajstić information content (AvgIpc) is 2.46. The number of aromatic nitrogens is 1. The fourth-order valence-electron chi connectivity index (χ4n) is 1.78. The standard InChI is InChI=1S/C9H10N2O3/c1-11-3-2-6-8(11)5(9(13)14)4-7(12)10-6/h4H,2-3H2,1H3,(H,10,12)(H,13,14). The highest BCUT2D eigenvalue weighted by atomic mass is 16.4. The second-order valence-electron chi connectivity index (χ2n) is 3.35. The number of hydrogen-bond acceptors (Lipinski definition) is 3. The molecule has 5 nitrogen and oxygen atoms in total. The lowest BCUT2D eigenvalue weighted by Gasteiger charge is -2.13. The fraction of sp³-hybridized carbons (Fsp3) is 0.333. The molecule has 2 rings (SSSR count). The molecule has 0 fully saturated rings. The maximum Gasteiger partial charge on any atom is 0.338 e. The van der Waals surface area contributed by atoms with Crippen LogP contribution in [0, 0.1) is 0 Å². The molecule has 0 unspecified atom stereocenters. The number of H-pyrrole nitrogens is 1. The number of carboxylic acids is 1. The van der Waals surface area contributed by atoms with Crippen molar-refractivity contribution in [1.82, 2.24) is 4.98 Å². The summed E-state index contributed by atoms with van der Waals surface area (Å²) < 4.78 is 0. The third-order valence-electron chi connectivity index (χ3n) is 2.40. The molecular weight excluding hydrogens is 184 g/mol. The van der Waals surface area contributed by atoms with Crippen LogP contribution in [0.25, 0.3) is 0 Å². The number of hydrogen-bond donors (Lipinski definition) is 2. The van der Waals surface area contributed by atoms with E-state index in [1.54, 1.807) is 0 Å². The molecule has 0 spiro atoms. The topological polar surface area (TPSA) is 73.4 Å².